The Bertz CT molecular complexity index is 838. The van der Waals surface area contributed by atoms with Gasteiger partial charge in [0.2, 0.25) is 15.9 Å². The molecule has 1 spiro atoms. The van der Waals surface area contributed by atoms with E-state index in [9.17, 15) is 13.2 Å². The number of benzene rings is 1. The van der Waals surface area contributed by atoms with E-state index < -0.39 is 10.0 Å². The van der Waals surface area contributed by atoms with Crippen LogP contribution < -0.4 is 5.32 Å². The molecule has 1 N–H and O–H groups in total. The highest BCUT2D eigenvalue weighted by molar-refractivity contribution is 7.89. The van der Waals surface area contributed by atoms with Gasteiger partial charge in [0.25, 0.3) is 0 Å². The average molecular weight is 392 g/mol. The van der Waals surface area contributed by atoms with E-state index in [-0.39, 0.29) is 17.2 Å². The fourth-order valence-electron chi connectivity index (χ4n) is 4.57. The summed E-state index contributed by atoms with van der Waals surface area (Å²) in [5.41, 5.74) is 2.29. The van der Waals surface area contributed by atoms with Crippen molar-refractivity contribution < 1.29 is 13.2 Å². The zero-order chi connectivity index (χ0) is 19.2. The number of hydrogen-bond acceptors (Lipinski definition) is 4. The Hall–Kier alpha value is -1.44. The van der Waals surface area contributed by atoms with E-state index in [4.69, 9.17) is 0 Å². The summed E-state index contributed by atoms with van der Waals surface area (Å²) in [6.07, 6.45) is 3.18. The predicted molar refractivity (Wildman–Crippen MR) is 104 cm³/mol. The normalized spacial score (nSPS) is 25.6. The molecule has 2 aliphatic heterocycles. The molecule has 148 valence electrons. The number of carbonyl (C=O) groups is 1. The Morgan fingerprint density at radius 1 is 1.07 bits per heavy atom. The van der Waals surface area contributed by atoms with Crippen molar-refractivity contribution in [3.05, 3.63) is 29.3 Å². The van der Waals surface area contributed by atoms with Crippen molar-refractivity contribution in [2.24, 2.45) is 11.3 Å². The molecule has 0 aromatic heterocycles. The maximum absolute atomic E-state index is 12.9. The van der Waals surface area contributed by atoms with Crippen LogP contribution in [0.2, 0.25) is 0 Å². The van der Waals surface area contributed by atoms with Gasteiger partial charge in [0.15, 0.2) is 0 Å². The summed E-state index contributed by atoms with van der Waals surface area (Å²) in [4.78, 5) is 15.1. The zero-order valence-electron chi connectivity index (χ0n) is 16.2. The lowest BCUT2D eigenvalue weighted by Gasteiger charge is -2.35. The summed E-state index contributed by atoms with van der Waals surface area (Å²) >= 11 is 0. The minimum atomic E-state index is -3.49. The van der Waals surface area contributed by atoms with Crippen LogP contribution in [0.1, 0.15) is 30.4 Å². The Morgan fingerprint density at radius 2 is 1.74 bits per heavy atom. The standard InChI is InChI=1S/C20H29N3O3S/c1-15-3-4-17(13-16(15)2)27(25,26)23-11-9-22(10-12-23)19(24)18-14-20(18)5-7-21-8-6-20/h3-4,13,18,21H,5-12,14H2,1-2H3. The largest absolute Gasteiger partial charge is 0.340 e. The topological polar surface area (TPSA) is 69.7 Å². The molecule has 1 amide bonds. The number of piperazine rings is 1. The van der Waals surface area contributed by atoms with E-state index in [1.807, 2.05) is 24.8 Å². The van der Waals surface area contributed by atoms with Crippen molar-refractivity contribution in [2.75, 3.05) is 39.3 Å². The lowest BCUT2D eigenvalue weighted by molar-refractivity contribution is -0.134. The van der Waals surface area contributed by atoms with Gasteiger partial charge < -0.3 is 10.2 Å². The summed E-state index contributed by atoms with van der Waals surface area (Å²) in [5, 5.41) is 3.37. The van der Waals surface area contributed by atoms with Gasteiger partial charge in [-0.3, -0.25) is 4.79 Å². The maximum Gasteiger partial charge on any atom is 0.243 e. The highest BCUT2D eigenvalue weighted by Crippen LogP contribution is 2.59. The summed E-state index contributed by atoms with van der Waals surface area (Å²) in [6, 6.07) is 5.28. The number of hydrogen-bond donors (Lipinski definition) is 1. The van der Waals surface area contributed by atoms with Crippen molar-refractivity contribution in [1.82, 2.24) is 14.5 Å². The number of aryl methyl sites for hydroxylation is 2. The van der Waals surface area contributed by atoms with Gasteiger partial charge in [-0.25, -0.2) is 8.42 Å². The van der Waals surface area contributed by atoms with Crippen LogP contribution in [0.5, 0.6) is 0 Å². The molecule has 27 heavy (non-hydrogen) atoms. The Morgan fingerprint density at radius 3 is 2.37 bits per heavy atom. The lowest BCUT2D eigenvalue weighted by Crippen LogP contribution is -2.51. The van der Waals surface area contributed by atoms with Crippen molar-refractivity contribution in [3.63, 3.8) is 0 Å². The summed E-state index contributed by atoms with van der Waals surface area (Å²) in [5.74, 6) is 0.391. The molecule has 2 heterocycles. The quantitative estimate of drug-likeness (QED) is 0.848. The third-order valence-electron chi connectivity index (χ3n) is 6.75. The van der Waals surface area contributed by atoms with E-state index in [0.717, 1.165) is 43.5 Å². The molecule has 3 aliphatic rings. The highest BCUT2D eigenvalue weighted by Gasteiger charge is 2.58. The number of amides is 1. The van der Waals surface area contributed by atoms with Crippen LogP contribution in [0, 0.1) is 25.2 Å². The van der Waals surface area contributed by atoms with Crippen LogP contribution in [-0.2, 0) is 14.8 Å². The van der Waals surface area contributed by atoms with Gasteiger partial charge in [-0.15, -0.1) is 0 Å². The van der Waals surface area contributed by atoms with Crippen LogP contribution in [0.25, 0.3) is 0 Å². The highest BCUT2D eigenvalue weighted by atomic mass is 32.2. The molecule has 4 rings (SSSR count). The molecular formula is C20H29N3O3S. The van der Waals surface area contributed by atoms with Crippen molar-refractivity contribution >= 4 is 15.9 Å². The molecule has 6 nitrogen and oxygen atoms in total. The number of nitrogens with zero attached hydrogens (tertiary/aromatic N) is 2. The summed E-state index contributed by atoms with van der Waals surface area (Å²) in [7, 11) is -3.49. The SMILES string of the molecule is Cc1ccc(S(=O)(=O)N2CCN(C(=O)C3CC34CCNCC4)CC2)cc1C. The molecular weight excluding hydrogens is 362 g/mol. The third kappa shape index (κ3) is 3.41. The number of sulfonamides is 1. The van der Waals surface area contributed by atoms with Gasteiger partial charge in [0, 0.05) is 32.1 Å². The average Bonchev–Trinajstić information content (AvgIpc) is 3.36. The Kier molecular flexibility index (Phi) is 4.81. The van der Waals surface area contributed by atoms with Crippen molar-refractivity contribution in [3.8, 4) is 0 Å². The fraction of sp³-hybridized carbons (Fsp3) is 0.650. The molecule has 1 saturated carbocycles. The van der Waals surface area contributed by atoms with Crippen LogP contribution in [0.3, 0.4) is 0 Å². The third-order valence-corrected chi connectivity index (χ3v) is 8.65. The van der Waals surface area contributed by atoms with Gasteiger partial charge in [0.05, 0.1) is 4.90 Å². The van der Waals surface area contributed by atoms with Gasteiger partial charge in [-0.2, -0.15) is 4.31 Å². The van der Waals surface area contributed by atoms with Crippen molar-refractivity contribution in [1.29, 1.82) is 0 Å². The van der Waals surface area contributed by atoms with E-state index >= 15 is 0 Å². The van der Waals surface area contributed by atoms with Crippen LogP contribution >= 0.6 is 0 Å². The Labute approximate surface area is 162 Å². The maximum atomic E-state index is 12.9. The lowest BCUT2D eigenvalue weighted by atomic mass is 9.91. The van der Waals surface area contributed by atoms with Crippen LogP contribution in [0.15, 0.2) is 23.1 Å². The number of nitrogens with one attached hydrogen (secondary N) is 1. The first-order valence-electron chi connectivity index (χ1n) is 9.90. The molecule has 1 aliphatic carbocycles. The molecule has 1 aromatic rings. The smallest absolute Gasteiger partial charge is 0.243 e. The first-order valence-corrected chi connectivity index (χ1v) is 11.3. The van der Waals surface area contributed by atoms with E-state index in [1.54, 1.807) is 12.1 Å². The van der Waals surface area contributed by atoms with E-state index in [0.29, 0.717) is 31.1 Å². The fourth-order valence-corrected chi connectivity index (χ4v) is 6.07. The van der Waals surface area contributed by atoms with Crippen LogP contribution in [0.4, 0.5) is 0 Å². The van der Waals surface area contributed by atoms with Gasteiger partial charge in [-0.05, 0) is 74.9 Å². The molecule has 0 bridgehead atoms. The van der Waals surface area contributed by atoms with Gasteiger partial charge >= 0.3 is 0 Å². The second-order valence-electron chi connectivity index (χ2n) is 8.34. The number of carbonyl (C=O) groups excluding carboxylic acids is 1. The monoisotopic (exact) mass is 391 g/mol. The molecule has 1 unspecified atom stereocenters. The molecule has 1 aromatic carbocycles. The Balaban J connectivity index is 1.38. The van der Waals surface area contributed by atoms with Gasteiger partial charge in [0.1, 0.15) is 0 Å². The minimum absolute atomic E-state index is 0.155. The second-order valence-corrected chi connectivity index (χ2v) is 10.3. The minimum Gasteiger partial charge on any atom is -0.340 e. The van der Waals surface area contributed by atoms with Gasteiger partial charge in [-0.1, -0.05) is 6.07 Å². The first kappa shape index (κ1) is 18.9. The van der Waals surface area contributed by atoms with Crippen molar-refractivity contribution in [2.45, 2.75) is 38.0 Å². The number of piperidine rings is 1. The van der Waals surface area contributed by atoms with Crippen LogP contribution in [-0.4, -0.2) is 62.8 Å². The van der Waals surface area contributed by atoms with E-state index in [2.05, 4.69) is 5.32 Å². The summed E-state index contributed by atoms with van der Waals surface area (Å²) in [6.45, 7) is 7.66. The molecule has 1 atom stereocenters. The number of rotatable bonds is 3. The van der Waals surface area contributed by atoms with E-state index in [1.165, 1.54) is 4.31 Å². The first-order chi connectivity index (χ1) is 12.8. The second kappa shape index (κ2) is 6.87. The summed E-state index contributed by atoms with van der Waals surface area (Å²) < 4.78 is 27.4. The predicted octanol–water partition coefficient (Wildman–Crippen LogP) is 1.53. The molecule has 2 saturated heterocycles. The molecule has 0 radical (unpaired) electrons. The molecule has 7 heteroatoms. The molecule has 3 fully saturated rings. The zero-order valence-corrected chi connectivity index (χ0v) is 17.0.